The number of nitrogens with one attached hydrogen (secondary N) is 2. The average molecular weight is 389 g/mol. The number of likely N-dealkylation sites (tertiary alicyclic amines) is 1. The summed E-state index contributed by atoms with van der Waals surface area (Å²) in [6.45, 7) is 10.6. The van der Waals surface area contributed by atoms with Gasteiger partial charge in [0.1, 0.15) is 0 Å². The van der Waals surface area contributed by atoms with Crippen molar-refractivity contribution in [2.24, 2.45) is 0 Å². The highest BCUT2D eigenvalue weighted by atomic mass is 32.1. The number of carbonyl (C=O) groups excluding carboxylic acids is 1. The summed E-state index contributed by atoms with van der Waals surface area (Å²) in [6, 6.07) is 8.36. The first kappa shape index (κ1) is 20.2. The molecule has 1 aromatic carbocycles. The van der Waals surface area contributed by atoms with Gasteiger partial charge in [0.15, 0.2) is 0 Å². The van der Waals surface area contributed by atoms with Crippen molar-refractivity contribution in [1.82, 2.24) is 20.5 Å². The van der Waals surface area contributed by atoms with Crippen LogP contribution in [0.5, 0.6) is 0 Å². The number of rotatable bonds is 7. The van der Waals surface area contributed by atoms with Crippen LogP contribution in [0.15, 0.2) is 24.3 Å². The lowest BCUT2D eigenvalue weighted by Gasteiger charge is -2.30. The maximum Gasteiger partial charge on any atom is 0.234 e. The number of fused-ring (bicyclic) bond motifs is 1. The second-order valence-corrected chi connectivity index (χ2v) is 9.51. The molecule has 2 aromatic rings. The summed E-state index contributed by atoms with van der Waals surface area (Å²) in [5, 5.41) is 7.74. The van der Waals surface area contributed by atoms with Gasteiger partial charge in [-0.3, -0.25) is 9.69 Å². The van der Waals surface area contributed by atoms with E-state index >= 15 is 0 Å². The third-order valence-corrected chi connectivity index (χ3v) is 6.14. The lowest BCUT2D eigenvalue weighted by atomic mass is 9.97. The van der Waals surface area contributed by atoms with Crippen molar-refractivity contribution >= 4 is 27.5 Å². The molecule has 1 saturated heterocycles. The van der Waals surface area contributed by atoms with Gasteiger partial charge in [-0.05, 0) is 71.8 Å². The molecule has 2 N–H and O–H groups in total. The summed E-state index contributed by atoms with van der Waals surface area (Å²) in [7, 11) is 0. The van der Waals surface area contributed by atoms with Crippen molar-refractivity contribution in [2.75, 3.05) is 32.7 Å². The summed E-state index contributed by atoms with van der Waals surface area (Å²) in [4.78, 5) is 19.2. The molecule has 1 aliphatic rings. The number of hydrogen-bond acceptors (Lipinski definition) is 5. The van der Waals surface area contributed by atoms with Gasteiger partial charge >= 0.3 is 0 Å². The number of benzene rings is 1. The molecule has 1 aliphatic heterocycles. The van der Waals surface area contributed by atoms with E-state index in [2.05, 4.69) is 54.5 Å². The number of piperidine rings is 1. The van der Waals surface area contributed by atoms with Crippen molar-refractivity contribution in [3.63, 3.8) is 0 Å². The molecule has 6 heteroatoms. The Morgan fingerprint density at radius 2 is 1.96 bits per heavy atom. The molecule has 1 fully saturated rings. The molecule has 5 nitrogen and oxygen atoms in total. The Kier molecular flexibility index (Phi) is 6.84. The molecule has 0 spiro atoms. The molecule has 2 heterocycles. The van der Waals surface area contributed by atoms with Crippen LogP contribution in [0.25, 0.3) is 10.2 Å². The van der Waals surface area contributed by atoms with E-state index in [4.69, 9.17) is 4.98 Å². The second kappa shape index (κ2) is 9.13. The molecular formula is C21H32N4OS. The Bertz CT molecular complexity index is 711. The topological polar surface area (TPSA) is 57.3 Å². The zero-order valence-corrected chi connectivity index (χ0v) is 17.6. The van der Waals surface area contributed by atoms with Crippen LogP contribution in [-0.4, -0.2) is 54.1 Å². The molecule has 0 unspecified atom stereocenters. The predicted molar refractivity (Wildman–Crippen MR) is 113 cm³/mol. The number of aromatic nitrogens is 1. The van der Waals surface area contributed by atoms with Gasteiger partial charge < -0.3 is 10.6 Å². The highest BCUT2D eigenvalue weighted by Crippen LogP contribution is 2.33. The SMILES string of the molecule is CC(C)(C)NCCCNC(=O)CN1CCC(c2nc3ccccc3s2)CC1. The zero-order chi connectivity index (χ0) is 19.3. The molecule has 0 aliphatic carbocycles. The van der Waals surface area contributed by atoms with Crippen molar-refractivity contribution in [2.45, 2.75) is 51.5 Å². The van der Waals surface area contributed by atoms with Crippen molar-refractivity contribution in [3.8, 4) is 0 Å². The molecule has 148 valence electrons. The minimum absolute atomic E-state index is 0.137. The maximum absolute atomic E-state index is 12.2. The standard InChI is InChI=1S/C21H32N4OS/c1-21(2,3)23-12-6-11-22-19(26)15-25-13-9-16(10-14-25)20-24-17-7-4-5-8-18(17)27-20/h4-5,7-8,16,23H,6,9-15H2,1-3H3,(H,22,26). The van der Waals surface area contributed by atoms with Crippen LogP contribution < -0.4 is 10.6 Å². The minimum atomic E-state index is 0.137. The fourth-order valence-electron chi connectivity index (χ4n) is 3.44. The highest BCUT2D eigenvalue weighted by Gasteiger charge is 2.24. The number of nitrogens with zero attached hydrogens (tertiary/aromatic N) is 2. The number of hydrogen-bond donors (Lipinski definition) is 2. The zero-order valence-electron chi connectivity index (χ0n) is 16.8. The first-order chi connectivity index (χ1) is 12.9. The summed E-state index contributed by atoms with van der Waals surface area (Å²) in [5.41, 5.74) is 1.25. The van der Waals surface area contributed by atoms with Gasteiger partial charge in [-0.15, -0.1) is 11.3 Å². The van der Waals surface area contributed by atoms with E-state index in [0.29, 0.717) is 12.5 Å². The van der Waals surface area contributed by atoms with E-state index in [-0.39, 0.29) is 11.4 Å². The third kappa shape index (κ3) is 6.26. The minimum Gasteiger partial charge on any atom is -0.355 e. The number of para-hydroxylation sites is 1. The van der Waals surface area contributed by atoms with E-state index in [1.54, 1.807) is 0 Å². The van der Waals surface area contributed by atoms with Gasteiger partial charge in [0.2, 0.25) is 5.91 Å². The van der Waals surface area contributed by atoms with E-state index in [1.807, 2.05) is 17.4 Å². The van der Waals surface area contributed by atoms with Crippen LogP contribution in [0.3, 0.4) is 0 Å². The molecule has 0 saturated carbocycles. The fraction of sp³-hybridized carbons (Fsp3) is 0.619. The quantitative estimate of drug-likeness (QED) is 0.714. The molecule has 1 amide bonds. The van der Waals surface area contributed by atoms with E-state index < -0.39 is 0 Å². The van der Waals surface area contributed by atoms with Crippen molar-refractivity contribution in [3.05, 3.63) is 29.3 Å². The lowest BCUT2D eigenvalue weighted by Crippen LogP contribution is -2.42. The summed E-state index contributed by atoms with van der Waals surface area (Å²) in [6.07, 6.45) is 3.13. The highest BCUT2D eigenvalue weighted by molar-refractivity contribution is 7.18. The third-order valence-electron chi connectivity index (χ3n) is 4.95. The van der Waals surface area contributed by atoms with E-state index in [1.165, 1.54) is 9.71 Å². The van der Waals surface area contributed by atoms with Crippen LogP contribution in [0, 0.1) is 0 Å². The largest absolute Gasteiger partial charge is 0.355 e. The summed E-state index contributed by atoms with van der Waals surface area (Å²) in [5.74, 6) is 0.675. The first-order valence-electron chi connectivity index (χ1n) is 10.0. The van der Waals surface area contributed by atoms with E-state index in [0.717, 1.165) is 51.0 Å². The van der Waals surface area contributed by atoms with Crippen LogP contribution in [0.2, 0.25) is 0 Å². The summed E-state index contributed by atoms with van der Waals surface area (Å²) < 4.78 is 1.27. The fourth-order valence-corrected chi connectivity index (χ4v) is 4.58. The Balaban J connectivity index is 1.36. The molecule has 0 atom stereocenters. The maximum atomic E-state index is 12.2. The van der Waals surface area contributed by atoms with Gasteiger partial charge in [-0.2, -0.15) is 0 Å². The van der Waals surface area contributed by atoms with Gasteiger partial charge in [0.05, 0.1) is 21.8 Å². The van der Waals surface area contributed by atoms with Crippen LogP contribution >= 0.6 is 11.3 Å². The predicted octanol–water partition coefficient (Wildman–Crippen LogP) is 3.37. The second-order valence-electron chi connectivity index (χ2n) is 8.45. The van der Waals surface area contributed by atoms with Gasteiger partial charge in [0, 0.05) is 18.0 Å². The molecule has 0 radical (unpaired) electrons. The molecule has 1 aromatic heterocycles. The summed E-state index contributed by atoms with van der Waals surface area (Å²) >= 11 is 1.82. The van der Waals surface area contributed by atoms with Crippen molar-refractivity contribution < 1.29 is 4.79 Å². The van der Waals surface area contributed by atoms with Crippen LogP contribution in [-0.2, 0) is 4.79 Å². The average Bonchev–Trinajstić information content (AvgIpc) is 3.05. The Labute approximate surface area is 166 Å². The smallest absolute Gasteiger partial charge is 0.234 e. The van der Waals surface area contributed by atoms with Gasteiger partial charge in [-0.1, -0.05) is 12.1 Å². The number of thiazole rings is 1. The Hall–Kier alpha value is -1.50. The molecular weight excluding hydrogens is 356 g/mol. The molecule has 27 heavy (non-hydrogen) atoms. The van der Waals surface area contributed by atoms with Crippen molar-refractivity contribution in [1.29, 1.82) is 0 Å². The Morgan fingerprint density at radius 3 is 2.67 bits per heavy atom. The lowest BCUT2D eigenvalue weighted by molar-refractivity contribution is -0.122. The van der Waals surface area contributed by atoms with Crippen LogP contribution in [0.1, 0.15) is 51.0 Å². The van der Waals surface area contributed by atoms with Crippen LogP contribution in [0.4, 0.5) is 0 Å². The van der Waals surface area contributed by atoms with Gasteiger partial charge in [-0.25, -0.2) is 4.98 Å². The van der Waals surface area contributed by atoms with Gasteiger partial charge in [0.25, 0.3) is 0 Å². The molecule has 3 rings (SSSR count). The first-order valence-corrected chi connectivity index (χ1v) is 10.8. The monoisotopic (exact) mass is 388 g/mol. The Morgan fingerprint density at radius 1 is 1.22 bits per heavy atom. The molecule has 0 bridgehead atoms. The van der Waals surface area contributed by atoms with E-state index in [9.17, 15) is 4.79 Å². The normalized spacial score (nSPS) is 16.7. The number of carbonyl (C=O) groups is 1. The number of amides is 1.